The average molecular weight is 304 g/mol. The third-order valence-electron chi connectivity index (χ3n) is 4.49. The molecular formula is C16H28N6. The summed E-state index contributed by atoms with van der Waals surface area (Å²) in [5, 5.41) is 0. The molecule has 4 fully saturated rings. The fourth-order valence-electron chi connectivity index (χ4n) is 2.74. The van der Waals surface area contributed by atoms with Gasteiger partial charge in [-0.15, -0.1) is 0 Å². The zero-order valence-corrected chi connectivity index (χ0v) is 13.6. The third kappa shape index (κ3) is 4.05. The molecule has 122 valence electrons. The Morgan fingerprint density at radius 2 is 0.818 bits per heavy atom. The summed E-state index contributed by atoms with van der Waals surface area (Å²) in [7, 11) is 0. The van der Waals surface area contributed by atoms with Crippen LogP contribution in [-0.2, 0) is 0 Å². The van der Waals surface area contributed by atoms with Gasteiger partial charge in [-0.1, -0.05) is 12.8 Å². The number of unbranched alkanes of at least 4 members (excludes halogenated alkanes) is 3. The first-order chi connectivity index (χ1) is 10.9. The van der Waals surface area contributed by atoms with Crippen LogP contribution in [0.3, 0.4) is 0 Å². The van der Waals surface area contributed by atoms with Gasteiger partial charge in [0.25, 0.3) is 0 Å². The zero-order valence-electron chi connectivity index (χ0n) is 13.6. The Bertz CT molecular complexity index is 374. The van der Waals surface area contributed by atoms with Gasteiger partial charge in [0.05, 0.1) is 0 Å². The van der Waals surface area contributed by atoms with Crippen LogP contribution in [0.1, 0.15) is 25.7 Å². The molecule has 4 heterocycles. The highest BCUT2D eigenvalue weighted by atomic mass is 15.5. The van der Waals surface area contributed by atoms with Crippen molar-refractivity contribution in [3.63, 3.8) is 0 Å². The largest absolute Gasteiger partial charge is 0.339 e. The minimum Gasteiger partial charge on any atom is -0.339 e. The molecular weight excluding hydrogens is 276 g/mol. The molecule has 22 heavy (non-hydrogen) atoms. The molecule has 0 atom stereocenters. The number of aliphatic imine (C=N–C) groups is 2. The molecule has 0 aromatic carbocycles. The summed E-state index contributed by atoms with van der Waals surface area (Å²) in [6, 6.07) is 0. The van der Waals surface area contributed by atoms with Crippen molar-refractivity contribution in [1.82, 2.24) is 19.6 Å². The quantitative estimate of drug-likeness (QED) is 0.297. The number of nitrogens with zero attached hydrogens (tertiary/aromatic N) is 6. The Balaban J connectivity index is 1.07. The van der Waals surface area contributed by atoms with E-state index in [1.807, 2.05) is 0 Å². The maximum Gasteiger partial charge on any atom is 0.196 e. The molecule has 4 aliphatic heterocycles. The third-order valence-corrected chi connectivity index (χ3v) is 4.49. The summed E-state index contributed by atoms with van der Waals surface area (Å²) >= 11 is 0. The van der Waals surface area contributed by atoms with Crippen LogP contribution in [0.15, 0.2) is 9.98 Å². The van der Waals surface area contributed by atoms with Crippen LogP contribution in [0, 0.1) is 0 Å². The van der Waals surface area contributed by atoms with E-state index in [0.29, 0.717) is 0 Å². The molecule has 0 N–H and O–H groups in total. The molecule has 0 amide bonds. The van der Waals surface area contributed by atoms with Gasteiger partial charge in [-0.25, -0.2) is 0 Å². The van der Waals surface area contributed by atoms with Crippen molar-refractivity contribution in [2.24, 2.45) is 9.98 Å². The standard InChI is InChI=1S/C16H28N6/c1(3-5-17-15(19-7-8-19)20-9-10-20)2-4-6-18-16(21-11-12-21)22-13-14-22/h1-14H2. The van der Waals surface area contributed by atoms with E-state index in [1.54, 1.807) is 0 Å². The van der Waals surface area contributed by atoms with Crippen molar-refractivity contribution in [1.29, 1.82) is 0 Å². The van der Waals surface area contributed by atoms with Crippen molar-refractivity contribution in [3.8, 4) is 0 Å². The van der Waals surface area contributed by atoms with E-state index in [0.717, 1.165) is 13.1 Å². The molecule has 6 nitrogen and oxygen atoms in total. The smallest absolute Gasteiger partial charge is 0.196 e. The second-order valence-corrected chi connectivity index (χ2v) is 6.73. The van der Waals surface area contributed by atoms with E-state index in [2.05, 4.69) is 19.6 Å². The highest BCUT2D eigenvalue weighted by molar-refractivity contribution is 5.84. The lowest BCUT2D eigenvalue weighted by atomic mass is 10.2. The minimum absolute atomic E-state index is 0.998. The van der Waals surface area contributed by atoms with Gasteiger partial charge >= 0.3 is 0 Å². The van der Waals surface area contributed by atoms with Crippen LogP contribution in [0.2, 0.25) is 0 Å². The molecule has 0 aromatic heterocycles. The summed E-state index contributed by atoms with van der Waals surface area (Å²) in [5.74, 6) is 2.54. The van der Waals surface area contributed by atoms with E-state index in [4.69, 9.17) is 9.98 Å². The average Bonchev–Trinajstić information content (AvgIpc) is 3.39. The van der Waals surface area contributed by atoms with Crippen LogP contribution >= 0.6 is 0 Å². The van der Waals surface area contributed by atoms with Crippen LogP contribution < -0.4 is 0 Å². The Hall–Kier alpha value is -1.46. The highest BCUT2D eigenvalue weighted by Crippen LogP contribution is 2.17. The van der Waals surface area contributed by atoms with Gasteiger partial charge in [-0.3, -0.25) is 9.98 Å². The van der Waals surface area contributed by atoms with Crippen molar-refractivity contribution in [3.05, 3.63) is 0 Å². The zero-order chi connectivity index (χ0) is 14.8. The van der Waals surface area contributed by atoms with Crippen molar-refractivity contribution < 1.29 is 0 Å². The molecule has 0 saturated carbocycles. The Labute approximate surface area is 133 Å². The maximum atomic E-state index is 4.78. The first-order valence-corrected chi connectivity index (χ1v) is 9.00. The van der Waals surface area contributed by atoms with Gasteiger partial charge in [0.2, 0.25) is 0 Å². The number of hydrogen-bond acceptors (Lipinski definition) is 2. The van der Waals surface area contributed by atoms with Gasteiger partial charge < -0.3 is 19.6 Å². The first kappa shape index (κ1) is 14.2. The summed E-state index contributed by atoms with van der Waals surface area (Å²) < 4.78 is 0. The van der Waals surface area contributed by atoms with E-state index < -0.39 is 0 Å². The van der Waals surface area contributed by atoms with Crippen LogP contribution in [0.4, 0.5) is 0 Å². The van der Waals surface area contributed by atoms with E-state index in [9.17, 15) is 0 Å². The normalized spacial score (nSPS) is 20.9. The van der Waals surface area contributed by atoms with Gasteiger partial charge in [0.1, 0.15) is 0 Å². The fraction of sp³-hybridized carbons (Fsp3) is 0.875. The van der Waals surface area contributed by atoms with Crippen molar-refractivity contribution in [2.75, 3.05) is 65.4 Å². The van der Waals surface area contributed by atoms with E-state index in [-0.39, 0.29) is 0 Å². The van der Waals surface area contributed by atoms with Crippen LogP contribution in [0.5, 0.6) is 0 Å². The predicted molar refractivity (Wildman–Crippen MR) is 89.4 cm³/mol. The maximum absolute atomic E-state index is 4.78. The van der Waals surface area contributed by atoms with E-state index >= 15 is 0 Å². The molecule has 0 spiro atoms. The molecule has 4 saturated heterocycles. The molecule has 0 aromatic rings. The lowest BCUT2D eigenvalue weighted by Gasteiger charge is -2.09. The molecule has 6 heteroatoms. The second kappa shape index (κ2) is 6.34. The minimum atomic E-state index is 0.998. The summed E-state index contributed by atoms with van der Waals surface area (Å²) in [6.45, 7) is 11.7. The van der Waals surface area contributed by atoms with Gasteiger partial charge in [-0.2, -0.15) is 0 Å². The topological polar surface area (TPSA) is 36.8 Å². The second-order valence-electron chi connectivity index (χ2n) is 6.73. The first-order valence-electron chi connectivity index (χ1n) is 9.00. The summed E-state index contributed by atoms with van der Waals surface area (Å²) in [5.41, 5.74) is 0. The number of guanidine groups is 2. The Kier molecular flexibility index (Phi) is 4.08. The number of hydrogen-bond donors (Lipinski definition) is 0. The van der Waals surface area contributed by atoms with Gasteiger partial charge in [-0.05, 0) is 12.8 Å². The SMILES string of the molecule is C(CCCN=C(N1CC1)N1CC1)CCN=C(N1CC1)N1CC1. The Morgan fingerprint density at radius 3 is 1.09 bits per heavy atom. The molecule has 0 unspecified atom stereocenters. The predicted octanol–water partition coefficient (Wildman–Crippen LogP) is 0.521. The molecule has 0 radical (unpaired) electrons. The molecule has 0 bridgehead atoms. The lowest BCUT2D eigenvalue weighted by Crippen LogP contribution is -2.21. The highest BCUT2D eigenvalue weighted by Gasteiger charge is 2.32. The fourth-order valence-corrected chi connectivity index (χ4v) is 2.74. The summed E-state index contributed by atoms with van der Waals surface area (Å²) in [4.78, 5) is 19.1. The molecule has 4 rings (SSSR count). The molecule has 0 aliphatic carbocycles. The van der Waals surface area contributed by atoms with Gasteiger partial charge in [0.15, 0.2) is 11.9 Å². The van der Waals surface area contributed by atoms with Crippen molar-refractivity contribution >= 4 is 11.9 Å². The van der Waals surface area contributed by atoms with Crippen molar-refractivity contribution in [2.45, 2.75) is 25.7 Å². The number of rotatable bonds is 7. The Morgan fingerprint density at radius 1 is 0.500 bits per heavy atom. The van der Waals surface area contributed by atoms with Gasteiger partial charge in [0, 0.05) is 65.4 Å². The lowest BCUT2D eigenvalue weighted by molar-refractivity contribution is 0.623. The van der Waals surface area contributed by atoms with Crippen LogP contribution in [-0.4, -0.2) is 97.0 Å². The van der Waals surface area contributed by atoms with Crippen LogP contribution in [0.25, 0.3) is 0 Å². The summed E-state index contributed by atoms with van der Waals surface area (Å²) in [6.07, 6.45) is 5.02. The monoisotopic (exact) mass is 304 g/mol. The van der Waals surface area contributed by atoms with E-state index in [1.165, 1.54) is 90.0 Å². The molecule has 4 aliphatic rings.